The summed E-state index contributed by atoms with van der Waals surface area (Å²) in [4.78, 5) is 16.8. The quantitative estimate of drug-likeness (QED) is 0.900. The second kappa shape index (κ2) is 5.07. The van der Waals surface area contributed by atoms with Crippen molar-refractivity contribution in [3.8, 4) is 5.69 Å². The van der Waals surface area contributed by atoms with Gasteiger partial charge in [-0.25, -0.2) is 4.79 Å². The van der Waals surface area contributed by atoms with Gasteiger partial charge in [-0.3, -0.25) is 9.47 Å². The van der Waals surface area contributed by atoms with Crippen LogP contribution in [0.25, 0.3) is 5.69 Å². The van der Waals surface area contributed by atoms with Crippen molar-refractivity contribution in [3.05, 3.63) is 47.1 Å². The molecule has 0 bridgehead atoms. The smallest absolute Gasteiger partial charge is 0.330 e. The first-order valence-corrected chi connectivity index (χ1v) is 7.67. The minimum absolute atomic E-state index is 0.105. The van der Waals surface area contributed by atoms with Crippen molar-refractivity contribution in [2.24, 2.45) is 0 Å². The minimum Gasteiger partial charge on any atom is -0.381 e. The number of aromatic nitrogens is 2. The zero-order valence-corrected chi connectivity index (χ0v) is 12.0. The fourth-order valence-electron chi connectivity index (χ4n) is 3.15. The van der Waals surface area contributed by atoms with Gasteiger partial charge in [0.05, 0.1) is 5.69 Å². The first-order valence-electron chi connectivity index (χ1n) is 7.67. The first kappa shape index (κ1) is 12.7. The summed E-state index contributed by atoms with van der Waals surface area (Å²) >= 11 is 0. The van der Waals surface area contributed by atoms with Gasteiger partial charge in [0.15, 0.2) is 0 Å². The molecule has 0 spiro atoms. The summed E-state index contributed by atoms with van der Waals surface area (Å²) in [7, 11) is 0. The predicted octanol–water partition coefficient (Wildman–Crippen LogP) is 1.81. The Morgan fingerprint density at radius 1 is 1.14 bits per heavy atom. The van der Waals surface area contributed by atoms with Gasteiger partial charge in [-0.2, -0.15) is 0 Å². The maximum absolute atomic E-state index is 11.6. The van der Waals surface area contributed by atoms with Crippen molar-refractivity contribution in [2.75, 3.05) is 18.4 Å². The summed E-state index contributed by atoms with van der Waals surface area (Å²) in [5.74, 6) is 0. The van der Waals surface area contributed by atoms with Crippen LogP contribution >= 0.6 is 0 Å². The van der Waals surface area contributed by atoms with E-state index in [0.29, 0.717) is 6.04 Å². The van der Waals surface area contributed by atoms with Crippen LogP contribution in [-0.4, -0.2) is 39.6 Å². The number of hydrogen-bond acceptors (Lipinski definition) is 3. The largest absolute Gasteiger partial charge is 0.381 e. The van der Waals surface area contributed by atoms with Crippen molar-refractivity contribution < 1.29 is 0 Å². The molecule has 21 heavy (non-hydrogen) atoms. The second-order valence-electron chi connectivity index (χ2n) is 6.04. The maximum Gasteiger partial charge on any atom is 0.330 e. The number of rotatable bonds is 4. The van der Waals surface area contributed by atoms with Crippen LogP contribution in [0.2, 0.25) is 0 Å². The van der Waals surface area contributed by atoms with Crippen LogP contribution in [0.5, 0.6) is 0 Å². The topological polar surface area (TPSA) is 53.1 Å². The van der Waals surface area contributed by atoms with Gasteiger partial charge < -0.3 is 10.3 Å². The lowest BCUT2D eigenvalue weighted by Crippen LogP contribution is -2.27. The molecule has 2 N–H and O–H groups in total. The van der Waals surface area contributed by atoms with Crippen LogP contribution in [0, 0.1) is 0 Å². The van der Waals surface area contributed by atoms with Gasteiger partial charge in [0, 0.05) is 43.3 Å². The zero-order chi connectivity index (χ0) is 14.2. The van der Waals surface area contributed by atoms with Crippen LogP contribution in [0.4, 0.5) is 5.69 Å². The lowest BCUT2D eigenvalue weighted by atomic mass is 10.2. The van der Waals surface area contributed by atoms with Crippen LogP contribution in [-0.2, 0) is 0 Å². The molecule has 0 radical (unpaired) electrons. The van der Waals surface area contributed by atoms with Gasteiger partial charge in [-0.05, 0) is 43.5 Å². The zero-order valence-electron chi connectivity index (χ0n) is 12.0. The van der Waals surface area contributed by atoms with Crippen LogP contribution in [0.1, 0.15) is 19.3 Å². The Labute approximate surface area is 123 Å². The molecule has 2 fully saturated rings. The summed E-state index contributed by atoms with van der Waals surface area (Å²) in [5.41, 5.74) is 1.91. The molecule has 1 aromatic carbocycles. The van der Waals surface area contributed by atoms with Crippen molar-refractivity contribution in [1.82, 2.24) is 14.5 Å². The SMILES string of the molecule is O=c1[nH]ccn1-c1ccc(NC2CCN(C3CC3)C2)cc1. The molecule has 110 valence electrons. The maximum atomic E-state index is 11.6. The van der Waals surface area contributed by atoms with Gasteiger partial charge in [0.1, 0.15) is 0 Å². The monoisotopic (exact) mass is 284 g/mol. The number of hydrogen-bond donors (Lipinski definition) is 2. The molecule has 1 saturated heterocycles. The van der Waals surface area contributed by atoms with Crippen LogP contribution < -0.4 is 11.0 Å². The van der Waals surface area contributed by atoms with E-state index < -0.39 is 0 Å². The summed E-state index contributed by atoms with van der Waals surface area (Å²) in [6.45, 7) is 2.38. The third-order valence-electron chi connectivity index (χ3n) is 4.45. The van der Waals surface area contributed by atoms with E-state index in [1.54, 1.807) is 17.0 Å². The van der Waals surface area contributed by atoms with E-state index >= 15 is 0 Å². The molecule has 1 aromatic heterocycles. The summed E-state index contributed by atoms with van der Waals surface area (Å²) in [5, 5.41) is 3.60. The highest BCUT2D eigenvalue weighted by Gasteiger charge is 2.34. The van der Waals surface area contributed by atoms with Gasteiger partial charge in [-0.1, -0.05) is 0 Å². The molecular formula is C16H20N4O. The number of nitrogens with one attached hydrogen (secondary N) is 2. The molecule has 1 saturated carbocycles. The van der Waals surface area contributed by atoms with E-state index in [4.69, 9.17) is 0 Å². The van der Waals surface area contributed by atoms with Gasteiger partial charge in [0.2, 0.25) is 0 Å². The van der Waals surface area contributed by atoms with E-state index in [2.05, 4.69) is 27.3 Å². The number of imidazole rings is 1. The van der Waals surface area contributed by atoms with Crippen molar-refractivity contribution >= 4 is 5.69 Å². The summed E-state index contributed by atoms with van der Waals surface area (Å²) < 4.78 is 1.61. The number of likely N-dealkylation sites (tertiary alicyclic amines) is 1. The molecule has 2 aromatic rings. The molecular weight excluding hydrogens is 264 g/mol. The number of anilines is 1. The number of H-pyrrole nitrogens is 1. The number of benzene rings is 1. The standard InChI is InChI=1S/C16H20N4O/c21-16-17-8-10-20(16)15-3-1-12(2-4-15)18-13-7-9-19(11-13)14-5-6-14/h1-4,8,10,13-14,18H,5-7,9,11H2,(H,17,21). The Bertz CT molecular complexity index is 668. The van der Waals surface area contributed by atoms with Crippen molar-refractivity contribution in [2.45, 2.75) is 31.3 Å². The first-order chi connectivity index (χ1) is 10.3. The summed E-state index contributed by atoms with van der Waals surface area (Å²) in [6.07, 6.45) is 7.38. The normalized spacial score (nSPS) is 22.6. The second-order valence-corrected chi connectivity index (χ2v) is 6.04. The van der Waals surface area contributed by atoms with E-state index in [-0.39, 0.29) is 5.69 Å². The van der Waals surface area contributed by atoms with E-state index in [1.807, 2.05) is 12.1 Å². The van der Waals surface area contributed by atoms with E-state index in [1.165, 1.54) is 25.8 Å². The van der Waals surface area contributed by atoms with E-state index in [9.17, 15) is 4.79 Å². The van der Waals surface area contributed by atoms with Gasteiger partial charge in [0.25, 0.3) is 0 Å². The molecule has 1 atom stereocenters. The molecule has 5 nitrogen and oxygen atoms in total. The van der Waals surface area contributed by atoms with Crippen LogP contribution in [0.3, 0.4) is 0 Å². The third kappa shape index (κ3) is 2.61. The Morgan fingerprint density at radius 2 is 1.95 bits per heavy atom. The van der Waals surface area contributed by atoms with E-state index in [0.717, 1.165) is 24.0 Å². The average molecular weight is 284 g/mol. The molecule has 1 aliphatic carbocycles. The molecule has 2 aliphatic rings. The highest BCUT2D eigenvalue weighted by Crippen LogP contribution is 2.30. The highest BCUT2D eigenvalue weighted by atomic mass is 16.1. The molecule has 5 heteroatoms. The Morgan fingerprint density at radius 3 is 2.62 bits per heavy atom. The Hall–Kier alpha value is -2.01. The average Bonchev–Trinajstić information content (AvgIpc) is 3.10. The Balaban J connectivity index is 1.42. The molecule has 2 heterocycles. The number of aromatic amines is 1. The molecule has 1 aliphatic heterocycles. The van der Waals surface area contributed by atoms with Gasteiger partial charge in [-0.15, -0.1) is 0 Å². The molecule has 0 amide bonds. The lowest BCUT2D eigenvalue weighted by Gasteiger charge is -2.17. The Kier molecular flexibility index (Phi) is 3.07. The minimum atomic E-state index is -0.105. The fourth-order valence-corrected chi connectivity index (χ4v) is 3.15. The number of nitrogens with zero attached hydrogens (tertiary/aromatic N) is 2. The van der Waals surface area contributed by atoms with Gasteiger partial charge >= 0.3 is 5.69 Å². The van der Waals surface area contributed by atoms with Crippen molar-refractivity contribution in [1.29, 1.82) is 0 Å². The summed E-state index contributed by atoms with van der Waals surface area (Å²) in [6, 6.07) is 9.46. The van der Waals surface area contributed by atoms with Crippen molar-refractivity contribution in [3.63, 3.8) is 0 Å². The lowest BCUT2D eigenvalue weighted by molar-refractivity contribution is 0.326. The van der Waals surface area contributed by atoms with Crippen LogP contribution in [0.15, 0.2) is 41.5 Å². The molecule has 1 unspecified atom stereocenters. The third-order valence-corrected chi connectivity index (χ3v) is 4.45. The predicted molar refractivity (Wildman–Crippen MR) is 83.0 cm³/mol. The highest BCUT2D eigenvalue weighted by molar-refractivity contribution is 5.49. The molecule has 4 rings (SSSR count). The fraction of sp³-hybridized carbons (Fsp3) is 0.438.